The van der Waals surface area contributed by atoms with Crippen LogP contribution in [0.4, 0.5) is 0 Å². The third-order valence-electron chi connectivity index (χ3n) is 5.55. The number of quaternary nitrogens is 3. The van der Waals surface area contributed by atoms with Gasteiger partial charge in [0.25, 0.3) is 0 Å². The number of hydrogen-bond donors (Lipinski definition) is 6. The van der Waals surface area contributed by atoms with Gasteiger partial charge in [-0.05, 0) is 0 Å². The van der Waals surface area contributed by atoms with Gasteiger partial charge in [0.15, 0.2) is 0 Å². The number of aromatic nitrogens is 3. The number of nitrogens with one attached hydrogen (secondary N) is 3. The number of hydroxylamine groups is 6. The highest BCUT2D eigenvalue weighted by Gasteiger charge is 2.68. The van der Waals surface area contributed by atoms with E-state index in [4.69, 9.17) is 0 Å². The lowest BCUT2D eigenvalue weighted by atomic mass is 9.94. The molecule has 0 aliphatic carbocycles. The van der Waals surface area contributed by atoms with E-state index in [0.717, 1.165) is 0 Å². The topological polar surface area (TPSA) is 340 Å². The van der Waals surface area contributed by atoms with Gasteiger partial charge in [0.05, 0.1) is 42.7 Å². The van der Waals surface area contributed by atoms with Gasteiger partial charge in [-0.25, -0.2) is 59.3 Å². The van der Waals surface area contributed by atoms with Crippen molar-refractivity contribution in [3.8, 4) is 0 Å². The minimum Gasteiger partial charge on any atom is -0.598 e. The zero-order valence-electron chi connectivity index (χ0n) is 22.3. The third kappa shape index (κ3) is 5.04. The number of hydrogen-bond acceptors (Lipinski definition) is 21. The Kier molecular flexibility index (Phi) is 11.3. The van der Waals surface area contributed by atoms with Gasteiger partial charge in [0.2, 0.25) is 17.5 Å². The van der Waals surface area contributed by atoms with Gasteiger partial charge in [-0.3, -0.25) is 0 Å². The maximum Gasteiger partial charge on any atom is 0.392 e. The number of nitrogens with zero attached hydrogens (tertiary/aromatic N) is 3. The van der Waals surface area contributed by atoms with E-state index in [1.54, 1.807) is 0 Å². The van der Waals surface area contributed by atoms with E-state index in [9.17, 15) is 60.0 Å². The Morgan fingerprint density at radius 2 is 0.619 bits per heavy atom. The molecule has 234 valence electrons. The summed E-state index contributed by atoms with van der Waals surface area (Å²) in [5.41, 5.74) is -11.7. The first-order valence-corrected chi connectivity index (χ1v) is 10.5. The van der Waals surface area contributed by atoms with Gasteiger partial charge < -0.3 is 44.0 Å². The summed E-state index contributed by atoms with van der Waals surface area (Å²) in [5, 5.41) is 59.9. The Labute approximate surface area is 232 Å². The molecule has 0 aliphatic heterocycles. The van der Waals surface area contributed by atoms with Crippen LogP contribution in [0.5, 0.6) is 0 Å². The molecule has 3 unspecified atom stereocenters. The molecule has 0 radical (unpaired) electrons. The molecule has 24 nitrogen and oxygen atoms in total. The fourth-order valence-electron chi connectivity index (χ4n) is 3.41. The molecule has 0 amide bonds. The molecular formula is C18H24N6O18. The summed E-state index contributed by atoms with van der Waals surface area (Å²) < 4.78 is 26.1. The molecule has 24 heteroatoms. The second kappa shape index (κ2) is 13.4. The average molecular weight is 612 g/mol. The molecule has 0 aliphatic rings. The Morgan fingerprint density at radius 1 is 0.476 bits per heavy atom. The Morgan fingerprint density at radius 3 is 0.714 bits per heavy atom. The largest absolute Gasteiger partial charge is 0.598 e. The quantitative estimate of drug-likeness (QED) is 0.0552. The Hall–Kier alpha value is -4.53. The lowest BCUT2D eigenvalue weighted by molar-refractivity contribution is -1.08. The molecule has 1 heterocycles. The lowest BCUT2D eigenvalue weighted by Gasteiger charge is -2.35. The van der Waals surface area contributed by atoms with Crippen LogP contribution in [-0.2, 0) is 73.8 Å². The van der Waals surface area contributed by atoms with Crippen LogP contribution in [0.2, 0.25) is 0 Å². The monoisotopic (exact) mass is 612 g/mol. The smallest absolute Gasteiger partial charge is 0.392 e. The highest BCUT2D eigenvalue weighted by Crippen LogP contribution is 2.27. The van der Waals surface area contributed by atoms with Gasteiger partial charge in [0, 0.05) is 0 Å². The molecule has 6 N–H and O–H groups in total. The SMILES string of the molecule is COC(=O)C(C(=O)OC)(c1nc(C(C(=O)OC)(C(=O)OC)[NH+]([O-])O)nc(C(C(=O)OC)(C(=O)OC)[NH+]([O-])O)n1)[NH+]([O-])O. The fourth-order valence-corrected chi connectivity index (χ4v) is 3.41. The minimum absolute atomic E-state index is 0.556. The van der Waals surface area contributed by atoms with E-state index >= 15 is 0 Å². The second-order valence-electron chi connectivity index (χ2n) is 7.42. The molecule has 0 fully saturated rings. The summed E-state index contributed by atoms with van der Waals surface area (Å²) >= 11 is 0. The maximum atomic E-state index is 12.8. The highest BCUT2D eigenvalue weighted by molar-refractivity contribution is 6.05. The zero-order valence-corrected chi connectivity index (χ0v) is 22.3. The maximum absolute atomic E-state index is 12.8. The van der Waals surface area contributed by atoms with Crippen molar-refractivity contribution in [2.24, 2.45) is 0 Å². The first-order chi connectivity index (χ1) is 19.5. The van der Waals surface area contributed by atoms with Crippen molar-refractivity contribution in [2.75, 3.05) is 42.7 Å². The van der Waals surface area contributed by atoms with Crippen molar-refractivity contribution >= 4 is 35.8 Å². The number of ether oxygens (including phenoxy) is 6. The Bertz CT molecular complexity index is 1030. The molecule has 1 aromatic rings. The third-order valence-corrected chi connectivity index (χ3v) is 5.55. The van der Waals surface area contributed by atoms with Crippen molar-refractivity contribution in [1.29, 1.82) is 0 Å². The molecule has 42 heavy (non-hydrogen) atoms. The molecule has 0 bridgehead atoms. The predicted octanol–water partition coefficient (Wildman–Crippen LogP) is -8.19. The summed E-state index contributed by atoms with van der Waals surface area (Å²) in [6.07, 6.45) is 0. The highest BCUT2D eigenvalue weighted by atomic mass is 16.8. The van der Waals surface area contributed by atoms with E-state index in [0.29, 0.717) is 42.7 Å². The van der Waals surface area contributed by atoms with Crippen molar-refractivity contribution in [3.05, 3.63) is 33.1 Å². The normalized spacial score (nSPS) is 14.0. The first kappa shape index (κ1) is 35.5. The number of methoxy groups -OCH3 is 6. The molecule has 0 aromatic carbocycles. The summed E-state index contributed by atoms with van der Waals surface area (Å²) in [6.45, 7) is 0. The van der Waals surface area contributed by atoms with Gasteiger partial charge in [-0.2, -0.15) is 15.7 Å². The molecule has 1 aromatic heterocycles. The summed E-state index contributed by atoms with van der Waals surface area (Å²) in [5.74, 6) is -17.9. The van der Waals surface area contributed by atoms with Crippen LogP contribution in [0.1, 0.15) is 17.5 Å². The standard InChI is InChI=1S/C18H24N6O18/c1-37-10(25)16(22(31)32,11(26)38-2)7-19-8(17(23(33)34,12(27)39-3)13(28)40-4)21-9(20-7)18(24(35)36,14(29)41-5)15(30)42-6/h22-24,31,33,35H,1-6H3. The average Bonchev–Trinajstić information content (AvgIpc) is 2.96. The van der Waals surface area contributed by atoms with E-state index in [2.05, 4.69) is 43.4 Å². The number of esters is 6. The minimum atomic E-state index is -3.91. The lowest BCUT2D eigenvalue weighted by Crippen LogP contribution is -3.17. The van der Waals surface area contributed by atoms with Gasteiger partial charge >= 0.3 is 52.4 Å². The Balaban J connectivity index is 4.86. The zero-order chi connectivity index (χ0) is 32.8. The van der Waals surface area contributed by atoms with Crippen molar-refractivity contribution in [2.45, 2.75) is 16.6 Å². The van der Waals surface area contributed by atoms with E-state index in [-0.39, 0.29) is 0 Å². The summed E-state index contributed by atoms with van der Waals surface area (Å²) in [6, 6.07) is 0. The van der Waals surface area contributed by atoms with Crippen LogP contribution in [0.3, 0.4) is 0 Å². The summed E-state index contributed by atoms with van der Waals surface area (Å²) in [7, 11) is 3.34. The first-order valence-electron chi connectivity index (χ1n) is 10.5. The molecule has 0 spiro atoms. The van der Waals surface area contributed by atoms with Crippen LogP contribution in [0.25, 0.3) is 0 Å². The second-order valence-corrected chi connectivity index (χ2v) is 7.42. The van der Waals surface area contributed by atoms with Crippen LogP contribution in [-0.4, -0.2) is 109 Å². The molecule has 1 rings (SSSR count). The number of carbonyl (C=O) groups excluding carboxylic acids is 6. The fraction of sp³-hybridized carbons (Fsp3) is 0.500. The molecule has 0 saturated heterocycles. The van der Waals surface area contributed by atoms with E-state index in [1.165, 1.54) is 0 Å². The molecular weight excluding hydrogens is 588 g/mol. The summed E-state index contributed by atoms with van der Waals surface area (Å²) in [4.78, 5) is 87.0. The van der Waals surface area contributed by atoms with Gasteiger partial charge in [0.1, 0.15) is 0 Å². The van der Waals surface area contributed by atoms with Crippen molar-refractivity contribution < 1.29 is 88.5 Å². The predicted molar refractivity (Wildman–Crippen MR) is 115 cm³/mol. The molecule has 3 atom stereocenters. The van der Waals surface area contributed by atoms with Crippen LogP contribution >= 0.6 is 0 Å². The van der Waals surface area contributed by atoms with Gasteiger partial charge in [-0.15, -0.1) is 0 Å². The van der Waals surface area contributed by atoms with Gasteiger partial charge in [-0.1, -0.05) is 0 Å². The van der Waals surface area contributed by atoms with Crippen molar-refractivity contribution in [3.63, 3.8) is 0 Å². The van der Waals surface area contributed by atoms with Crippen LogP contribution in [0.15, 0.2) is 0 Å². The van der Waals surface area contributed by atoms with E-state index in [1.807, 2.05) is 0 Å². The van der Waals surface area contributed by atoms with Crippen molar-refractivity contribution in [1.82, 2.24) is 15.0 Å². The van der Waals surface area contributed by atoms with Crippen LogP contribution in [0, 0.1) is 15.6 Å². The van der Waals surface area contributed by atoms with Crippen LogP contribution < -0.4 is 15.7 Å². The van der Waals surface area contributed by atoms with E-state index < -0.39 is 85.6 Å². The number of rotatable bonds is 12. The molecule has 0 saturated carbocycles. The number of carbonyl (C=O) groups is 6.